The summed E-state index contributed by atoms with van der Waals surface area (Å²) >= 11 is 2.17. The van der Waals surface area contributed by atoms with Crippen LogP contribution in [0.15, 0.2) is 36.4 Å². The number of methoxy groups -OCH3 is 1. The zero-order valence-corrected chi connectivity index (χ0v) is 12.9. The molecule has 0 aliphatic carbocycles. The van der Waals surface area contributed by atoms with Crippen molar-refractivity contribution in [3.8, 4) is 5.75 Å². The number of nitrogen functional groups attached to an aromatic ring is 1. The molecule has 2 rings (SSSR count). The van der Waals surface area contributed by atoms with Crippen molar-refractivity contribution in [1.82, 2.24) is 0 Å². The molecule has 2 aromatic rings. The fourth-order valence-corrected chi connectivity index (χ4v) is 2.45. The molecule has 0 atom stereocenters. The predicted molar refractivity (Wildman–Crippen MR) is 84.7 cm³/mol. The van der Waals surface area contributed by atoms with Crippen molar-refractivity contribution in [2.45, 2.75) is 6.92 Å². The van der Waals surface area contributed by atoms with E-state index in [2.05, 4.69) is 22.6 Å². The Labute approximate surface area is 125 Å². The Hall–Kier alpha value is -1.56. The fourth-order valence-electron chi connectivity index (χ4n) is 1.96. The molecule has 2 N–H and O–H groups in total. The number of halogens is 1. The number of ketones is 1. The van der Waals surface area contributed by atoms with Crippen molar-refractivity contribution in [1.29, 1.82) is 0 Å². The molecular weight excluding hydrogens is 353 g/mol. The summed E-state index contributed by atoms with van der Waals surface area (Å²) in [6, 6.07) is 10.9. The summed E-state index contributed by atoms with van der Waals surface area (Å²) in [6.45, 7) is 1.92. The highest BCUT2D eigenvalue weighted by molar-refractivity contribution is 14.1. The molecule has 0 fully saturated rings. The van der Waals surface area contributed by atoms with E-state index in [9.17, 15) is 4.79 Å². The number of anilines is 1. The second-order valence-electron chi connectivity index (χ2n) is 4.31. The first-order valence-corrected chi connectivity index (χ1v) is 6.84. The van der Waals surface area contributed by atoms with Crippen LogP contribution in [0.3, 0.4) is 0 Å². The van der Waals surface area contributed by atoms with E-state index in [4.69, 9.17) is 10.5 Å². The average molecular weight is 367 g/mol. The van der Waals surface area contributed by atoms with Gasteiger partial charge in [-0.05, 0) is 71.5 Å². The third-order valence-corrected chi connectivity index (χ3v) is 3.44. The van der Waals surface area contributed by atoms with Gasteiger partial charge in [0.2, 0.25) is 0 Å². The molecule has 0 radical (unpaired) electrons. The van der Waals surface area contributed by atoms with Gasteiger partial charge in [-0.15, -0.1) is 0 Å². The van der Waals surface area contributed by atoms with Gasteiger partial charge >= 0.3 is 0 Å². The minimum atomic E-state index is -0.0780. The van der Waals surface area contributed by atoms with Gasteiger partial charge in [0, 0.05) is 14.8 Å². The van der Waals surface area contributed by atoms with Crippen LogP contribution in [0.25, 0.3) is 0 Å². The van der Waals surface area contributed by atoms with Crippen molar-refractivity contribution in [3.05, 3.63) is 56.7 Å². The SMILES string of the molecule is COc1ccc(I)cc1C(=O)c1cc(C)cc(N)c1. The van der Waals surface area contributed by atoms with Gasteiger partial charge in [-0.25, -0.2) is 0 Å². The standard InChI is InChI=1S/C15H14INO2/c1-9-5-10(7-12(17)6-9)15(18)13-8-11(16)3-4-14(13)19-2/h3-8H,17H2,1-2H3. The second kappa shape index (κ2) is 5.61. The van der Waals surface area contributed by atoms with Crippen LogP contribution in [0.2, 0.25) is 0 Å². The van der Waals surface area contributed by atoms with Crippen LogP contribution in [0, 0.1) is 10.5 Å². The summed E-state index contributed by atoms with van der Waals surface area (Å²) in [6.07, 6.45) is 0. The first-order valence-electron chi connectivity index (χ1n) is 5.76. The number of hydrogen-bond donors (Lipinski definition) is 1. The highest BCUT2D eigenvalue weighted by atomic mass is 127. The Morgan fingerprint density at radius 2 is 1.95 bits per heavy atom. The highest BCUT2D eigenvalue weighted by Gasteiger charge is 2.15. The first-order chi connectivity index (χ1) is 9.01. The quantitative estimate of drug-likeness (QED) is 0.514. The molecule has 0 heterocycles. The molecule has 0 saturated heterocycles. The van der Waals surface area contributed by atoms with E-state index in [0.29, 0.717) is 22.6 Å². The smallest absolute Gasteiger partial charge is 0.196 e. The minimum absolute atomic E-state index is 0.0780. The Balaban J connectivity index is 2.52. The van der Waals surface area contributed by atoms with Gasteiger partial charge in [-0.1, -0.05) is 0 Å². The van der Waals surface area contributed by atoms with E-state index >= 15 is 0 Å². The van der Waals surface area contributed by atoms with Gasteiger partial charge in [-0.2, -0.15) is 0 Å². The highest BCUT2D eigenvalue weighted by Crippen LogP contribution is 2.25. The van der Waals surface area contributed by atoms with Crippen LogP contribution in [-0.4, -0.2) is 12.9 Å². The maximum atomic E-state index is 12.5. The predicted octanol–water partition coefficient (Wildman–Crippen LogP) is 3.42. The molecule has 2 aromatic carbocycles. The maximum absolute atomic E-state index is 12.5. The molecule has 0 saturated carbocycles. The lowest BCUT2D eigenvalue weighted by molar-refractivity contribution is 0.103. The Morgan fingerprint density at radius 3 is 2.58 bits per heavy atom. The molecule has 0 unspecified atom stereocenters. The molecular formula is C15H14INO2. The van der Waals surface area contributed by atoms with Gasteiger partial charge < -0.3 is 10.5 Å². The first kappa shape index (κ1) is 13.9. The second-order valence-corrected chi connectivity index (χ2v) is 5.55. The molecule has 0 amide bonds. The van der Waals surface area contributed by atoms with Crippen molar-refractivity contribution >= 4 is 34.1 Å². The van der Waals surface area contributed by atoms with Crippen LogP contribution < -0.4 is 10.5 Å². The third-order valence-electron chi connectivity index (χ3n) is 2.77. The minimum Gasteiger partial charge on any atom is -0.496 e. The van der Waals surface area contributed by atoms with Crippen molar-refractivity contribution in [2.75, 3.05) is 12.8 Å². The fraction of sp³-hybridized carbons (Fsp3) is 0.133. The van der Waals surface area contributed by atoms with Gasteiger partial charge in [0.15, 0.2) is 5.78 Å². The van der Waals surface area contributed by atoms with Crippen LogP contribution in [0.5, 0.6) is 5.75 Å². The zero-order valence-electron chi connectivity index (χ0n) is 10.7. The van der Waals surface area contributed by atoms with Crippen molar-refractivity contribution < 1.29 is 9.53 Å². The number of aryl methyl sites for hydroxylation is 1. The summed E-state index contributed by atoms with van der Waals surface area (Å²) in [5.41, 5.74) is 8.48. The van der Waals surface area contributed by atoms with Gasteiger partial charge in [0.25, 0.3) is 0 Å². The molecule has 3 nitrogen and oxygen atoms in total. The van der Waals surface area contributed by atoms with Crippen LogP contribution in [-0.2, 0) is 0 Å². The monoisotopic (exact) mass is 367 g/mol. The van der Waals surface area contributed by atoms with E-state index in [1.165, 1.54) is 0 Å². The summed E-state index contributed by atoms with van der Waals surface area (Å²) < 4.78 is 6.24. The topological polar surface area (TPSA) is 52.3 Å². The molecule has 0 aromatic heterocycles. The number of hydrogen-bond acceptors (Lipinski definition) is 3. The molecule has 0 aliphatic heterocycles. The van der Waals surface area contributed by atoms with Crippen molar-refractivity contribution in [2.24, 2.45) is 0 Å². The Kier molecular flexibility index (Phi) is 4.09. The van der Waals surface area contributed by atoms with E-state index in [1.54, 1.807) is 19.2 Å². The van der Waals surface area contributed by atoms with Crippen LogP contribution in [0.1, 0.15) is 21.5 Å². The Bertz CT molecular complexity index is 618. The van der Waals surface area contributed by atoms with Crippen LogP contribution >= 0.6 is 22.6 Å². The van der Waals surface area contributed by atoms with Gasteiger partial charge in [0.05, 0.1) is 12.7 Å². The zero-order chi connectivity index (χ0) is 14.0. The van der Waals surface area contributed by atoms with E-state index < -0.39 is 0 Å². The van der Waals surface area contributed by atoms with Gasteiger partial charge in [-0.3, -0.25) is 4.79 Å². The van der Waals surface area contributed by atoms with Crippen molar-refractivity contribution in [3.63, 3.8) is 0 Å². The molecule has 0 bridgehead atoms. The van der Waals surface area contributed by atoms with E-state index in [0.717, 1.165) is 9.13 Å². The number of carbonyl (C=O) groups is 1. The summed E-state index contributed by atoms with van der Waals surface area (Å²) in [5, 5.41) is 0. The third kappa shape index (κ3) is 3.07. The molecule has 4 heteroatoms. The van der Waals surface area contributed by atoms with Gasteiger partial charge in [0.1, 0.15) is 5.75 Å². The number of nitrogens with two attached hydrogens (primary N) is 1. The lowest BCUT2D eigenvalue weighted by Crippen LogP contribution is -2.05. The lowest BCUT2D eigenvalue weighted by atomic mass is 10.0. The van der Waals surface area contributed by atoms with E-state index in [-0.39, 0.29) is 5.78 Å². The lowest BCUT2D eigenvalue weighted by Gasteiger charge is -2.09. The summed E-state index contributed by atoms with van der Waals surface area (Å²) in [4.78, 5) is 12.5. The molecule has 0 spiro atoms. The molecule has 19 heavy (non-hydrogen) atoms. The largest absolute Gasteiger partial charge is 0.496 e. The summed E-state index contributed by atoms with van der Waals surface area (Å²) in [5.74, 6) is 0.497. The normalized spacial score (nSPS) is 10.3. The summed E-state index contributed by atoms with van der Waals surface area (Å²) in [7, 11) is 1.56. The number of rotatable bonds is 3. The molecule has 0 aliphatic rings. The average Bonchev–Trinajstić information content (AvgIpc) is 2.36. The number of benzene rings is 2. The number of ether oxygens (including phenoxy) is 1. The van der Waals surface area contributed by atoms with Crippen LogP contribution in [0.4, 0.5) is 5.69 Å². The molecule has 98 valence electrons. The maximum Gasteiger partial charge on any atom is 0.196 e. The van der Waals surface area contributed by atoms with E-state index in [1.807, 2.05) is 31.2 Å². The Morgan fingerprint density at radius 1 is 1.21 bits per heavy atom. The number of carbonyl (C=O) groups excluding carboxylic acids is 1.